The number of imide groups is 2. The molecule has 3 fully saturated rings. The van der Waals surface area contributed by atoms with Crippen LogP contribution in [-0.4, -0.2) is 47.5 Å². The molecule has 1 aromatic rings. The molecule has 4 aliphatic rings. The van der Waals surface area contributed by atoms with Gasteiger partial charge in [0.25, 0.3) is 0 Å². The first kappa shape index (κ1) is 17.3. The lowest BCUT2D eigenvalue weighted by atomic mass is 9.61. The van der Waals surface area contributed by atoms with Gasteiger partial charge in [0.1, 0.15) is 0 Å². The van der Waals surface area contributed by atoms with E-state index in [4.69, 9.17) is 0 Å². The molecule has 5 rings (SSSR count). The highest BCUT2D eigenvalue weighted by Crippen LogP contribution is 2.55. The summed E-state index contributed by atoms with van der Waals surface area (Å²) in [4.78, 5) is 53.3. The van der Waals surface area contributed by atoms with Crippen molar-refractivity contribution in [2.45, 2.75) is 19.3 Å². The van der Waals surface area contributed by atoms with E-state index in [0.29, 0.717) is 19.3 Å². The molecule has 1 saturated carbocycles. The molecule has 0 N–H and O–H groups in total. The Kier molecular flexibility index (Phi) is 3.63. The van der Waals surface area contributed by atoms with Gasteiger partial charge in [0.05, 0.1) is 23.7 Å². The zero-order chi connectivity index (χ0) is 19.7. The molecule has 4 amide bonds. The molecule has 2 heterocycles. The topological polar surface area (TPSA) is 74.8 Å². The highest BCUT2D eigenvalue weighted by Gasteiger charge is 2.57. The number of benzene rings is 1. The molecule has 0 aromatic heterocycles. The molecular weight excluding hydrogens is 356 g/mol. The second-order valence-corrected chi connectivity index (χ2v) is 8.45. The number of amides is 4. The van der Waals surface area contributed by atoms with Gasteiger partial charge in [-0.25, -0.2) is 0 Å². The first-order valence-electron chi connectivity index (χ1n) is 9.81. The van der Waals surface area contributed by atoms with Crippen LogP contribution in [0.4, 0.5) is 0 Å². The average molecular weight is 378 g/mol. The lowest BCUT2D eigenvalue weighted by molar-refractivity contribution is -0.139. The number of fused-ring (bicyclic) bond motifs is 3. The molecule has 1 aromatic carbocycles. The predicted octanol–water partition coefficient (Wildman–Crippen LogP) is 1.72. The Morgan fingerprint density at radius 3 is 2.04 bits per heavy atom. The second kappa shape index (κ2) is 5.87. The smallest absolute Gasteiger partial charge is 0.237 e. The number of nitrogens with zero attached hydrogens (tertiary/aromatic N) is 2. The summed E-state index contributed by atoms with van der Waals surface area (Å²) in [6, 6.07) is 9.72. The molecule has 0 bridgehead atoms. The molecular formula is C22H22N2O4. The van der Waals surface area contributed by atoms with Gasteiger partial charge in [0, 0.05) is 14.1 Å². The highest BCUT2D eigenvalue weighted by atomic mass is 16.2. The summed E-state index contributed by atoms with van der Waals surface area (Å²) < 4.78 is 0. The van der Waals surface area contributed by atoms with Gasteiger partial charge in [0.15, 0.2) is 0 Å². The van der Waals surface area contributed by atoms with Crippen molar-refractivity contribution < 1.29 is 19.2 Å². The molecule has 144 valence electrons. The summed E-state index contributed by atoms with van der Waals surface area (Å²) in [5.74, 6) is -1.96. The van der Waals surface area contributed by atoms with Crippen LogP contribution in [0, 0.1) is 29.6 Å². The molecule has 0 unspecified atom stereocenters. The second-order valence-electron chi connectivity index (χ2n) is 8.45. The molecule has 2 aliphatic carbocycles. The Hall–Kier alpha value is -2.76. The van der Waals surface area contributed by atoms with E-state index in [1.165, 1.54) is 9.80 Å². The minimum absolute atomic E-state index is 0.0595. The van der Waals surface area contributed by atoms with Gasteiger partial charge >= 0.3 is 0 Å². The van der Waals surface area contributed by atoms with Crippen LogP contribution in [0.15, 0.2) is 35.9 Å². The van der Waals surface area contributed by atoms with Gasteiger partial charge < -0.3 is 0 Å². The van der Waals surface area contributed by atoms with Crippen molar-refractivity contribution in [2.24, 2.45) is 29.6 Å². The van der Waals surface area contributed by atoms with Gasteiger partial charge in [-0.15, -0.1) is 0 Å². The summed E-state index contributed by atoms with van der Waals surface area (Å²) in [5.41, 5.74) is 2.96. The maximum absolute atomic E-state index is 12.9. The van der Waals surface area contributed by atoms with Crippen LogP contribution in [-0.2, 0) is 19.2 Å². The van der Waals surface area contributed by atoms with Crippen molar-refractivity contribution >= 4 is 29.2 Å². The van der Waals surface area contributed by atoms with E-state index in [-0.39, 0.29) is 47.3 Å². The third-order valence-corrected chi connectivity index (χ3v) is 7.18. The number of carbonyl (C=O) groups excluding carboxylic acids is 4. The van der Waals surface area contributed by atoms with E-state index >= 15 is 0 Å². The van der Waals surface area contributed by atoms with Gasteiger partial charge in [0.2, 0.25) is 23.6 Å². The minimum Gasteiger partial charge on any atom is -0.285 e. The van der Waals surface area contributed by atoms with Crippen molar-refractivity contribution in [2.75, 3.05) is 14.1 Å². The Morgan fingerprint density at radius 2 is 1.32 bits per heavy atom. The summed E-state index contributed by atoms with van der Waals surface area (Å²) in [7, 11) is 3.10. The predicted molar refractivity (Wildman–Crippen MR) is 100 cm³/mol. The molecule has 6 nitrogen and oxygen atoms in total. The molecule has 28 heavy (non-hydrogen) atoms. The number of rotatable bonds is 1. The van der Waals surface area contributed by atoms with Crippen molar-refractivity contribution in [1.29, 1.82) is 0 Å². The summed E-state index contributed by atoms with van der Waals surface area (Å²) in [5, 5.41) is 0. The van der Waals surface area contributed by atoms with Crippen LogP contribution in [0.1, 0.15) is 24.8 Å². The van der Waals surface area contributed by atoms with Crippen LogP contribution in [0.2, 0.25) is 0 Å². The van der Waals surface area contributed by atoms with Crippen LogP contribution in [0.25, 0.3) is 5.57 Å². The molecule has 2 saturated heterocycles. The average Bonchev–Trinajstić information content (AvgIpc) is 3.06. The van der Waals surface area contributed by atoms with Crippen LogP contribution in [0.5, 0.6) is 0 Å². The summed E-state index contributed by atoms with van der Waals surface area (Å²) >= 11 is 0. The fourth-order valence-corrected chi connectivity index (χ4v) is 5.80. The Morgan fingerprint density at radius 1 is 0.750 bits per heavy atom. The third-order valence-electron chi connectivity index (χ3n) is 7.18. The van der Waals surface area contributed by atoms with Gasteiger partial charge in [-0.05, 0) is 36.3 Å². The fourth-order valence-electron chi connectivity index (χ4n) is 5.80. The van der Waals surface area contributed by atoms with E-state index in [1.54, 1.807) is 14.1 Å². The van der Waals surface area contributed by atoms with Crippen molar-refractivity contribution in [3.8, 4) is 0 Å². The molecule has 5 atom stereocenters. The van der Waals surface area contributed by atoms with E-state index in [2.05, 4.69) is 0 Å². The monoisotopic (exact) mass is 378 g/mol. The maximum atomic E-state index is 12.9. The molecule has 2 aliphatic heterocycles. The van der Waals surface area contributed by atoms with E-state index in [0.717, 1.165) is 16.7 Å². The summed E-state index contributed by atoms with van der Waals surface area (Å²) in [6.45, 7) is 0. The number of hydrogen-bond acceptors (Lipinski definition) is 4. The molecule has 0 spiro atoms. The number of hydrogen-bond donors (Lipinski definition) is 0. The zero-order valence-corrected chi connectivity index (χ0v) is 15.9. The summed E-state index contributed by atoms with van der Waals surface area (Å²) in [6.07, 6.45) is 1.67. The number of likely N-dealkylation sites (tertiary alicyclic amines) is 2. The van der Waals surface area contributed by atoms with E-state index in [1.807, 2.05) is 30.3 Å². The fraction of sp³-hybridized carbons (Fsp3) is 0.455. The lowest BCUT2D eigenvalue weighted by Gasteiger charge is -2.40. The Bertz CT molecular complexity index is 951. The largest absolute Gasteiger partial charge is 0.285 e. The minimum atomic E-state index is -0.479. The SMILES string of the molecule is CN1C(=O)[C@@H]2C(c3ccccc3)=C3C[C@@H]4C(=O)N(C)C(=O)[C@@H]4C[C@H]3C[C@@H]2C1=O. The third kappa shape index (κ3) is 2.14. The molecule has 6 heteroatoms. The Labute approximate surface area is 163 Å². The Balaban J connectivity index is 1.67. The maximum Gasteiger partial charge on any atom is 0.237 e. The normalized spacial score (nSPS) is 34.7. The highest BCUT2D eigenvalue weighted by molar-refractivity contribution is 6.11. The van der Waals surface area contributed by atoms with Gasteiger partial charge in [-0.2, -0.15) is 0 Å². The van der Waals surface area contributed by atoms with Crippen molar-refractivity contribution in [3.05, 3.63) is 41.5 Å². The van der Waals surface area contributed by atoms with Crippen molar-refractivity contribution in [3.63, 3.8) is 0 Å². The lowest BCUT2D eigenvalue weighted by Crippen LogP contribution is -2.36. The quantitative estimate of drug-likeness (QED) is 0.698. The zero-order valence-electron chi connectivity index (χ0n) is 15.9. The van der Waals surface area contributed by atoms with Crippen LogP contribution in [0.3, 0.4) is 0 Å². The van der Waals surface area contributed by atoms with Crippen LogP contribution < -0.4 is 0 Å². The number of allylic oxidation sites excluding steroid dienone is 1. The standard InChI is InChI=1S/C22H22N2O4/c1-23-19(25)14-8-12-9-16-18(22(28)24(2)21(16)27)17(11-6-4-3-5-7-11)13(12)10-15(14)20(23)26/h3-7,12,14-16,18H,8-10H2,1-2H3/t12-,14+,15-,16-,18-/m0/s1. The van der Waals surface area contributed by atoms with Gasteiger partial charge in [-0.3, -0.25) is 29.0 Å². The van der Waals surface area contributed by atoms with E-state index < -0.39 is 5.92 Å². The van der Waals surface area contributed by atoms with Gasteiger partial charge in [-0.1, -0.05) is 35.9 Å². The number of carbonyl (C=O) groups is 4. The molecule has 0 radical (unpaired) electrons. The first-order chi connectivity index (χ1) is 13.4. The van der Waals surface area contributed by atoms with E-state index in [9.17, 15) is 19.2 Å². The first-order valence-corrected chi connectivity index (χ1v) is 9.81. The van der Waals surface area contributed by atoms with Crippen LogP contribution >= 0.6 is 0 Å². The van der Waals surface area contributed by atoms with Crippen molar-refractivity contribution in [1.82, 2.24) is 9.80 Å².